The second kappa shape index (κ2) is 8.20. The number of amides is 3. The zero-order chi connectivity index (χ0) is 19.4. The molecular weight excluding hydrogens is 349 g/mol. The molecule has 0 atom stereocenters. The molecule has 8 heteroatoms. The minimum absolute atomic E-state index is 0.132. The fourth-order valence-corrected chi connectivity index (χ4v) is 3.05. The first-order valence-corrected chi connectivity index (χ1v) is 9.00. The molecule has 1 aliphatic rings. The molecule has 1 aromatic carbocycles. The Balaban J connectivity index is 1.45. The van der Waals surface area contributed by atoms with Crippen molar-refractivity contribution >= 4 is 11.9 Å². The van der Waals surface area contributed by atoms with E-state index in [1.165, 1.54) is 6.07 Å². The lowest BCUT2D eigenvalue weighted by Crippen LogP contribution is -2.53. The number of hydrogen-bond acceptors (Lipinski definition) is 3. The molecule has 2 aromatic rings. The van der Waals surface area contributed by atoms with Crippen molar-refractivity contribution in [3.8, 4) is 0 Å². The van der Waals surface area contributed by atoms with Crippen molar-refractivity contribution < 1.29 is 14.0 Å². The van der Waals surface area contributed by atoms with Crippen LogP contribution in [0, 0.1) is 12.7 Å². The Morgan fingerprint density at radius 3 is 2.52 bits per heavy atom. The van der Waals surface area contributed by atoms with Crippen molar-refractivity contribution in [1.29, 1.82) is 0 Å². The number of aromatic nitrogens is 2. The smallest absolute Gasteiger partial charge is 0.317 e. The fraction of sp³-hybridized carbons (Fsp3) is 0.421. The quantitative estimate of drug-likeness (QED) is 0.885. The third-order valence-corrected chi connectivity index (χ3v) is 4.72. The van der Waals surface area contributed by atoms with E-state index in [0.29, 0.717) is 43.9 Å². The van der Waals surface area contributed by atoms with Crippen molar-refractivity contribution in [2.24, 2.45) is 7.05 Å². The van der Waals surface area contributed by atoms with E-state index in [9.17, 15) is 14.0 Å². The molecule has 27 heavy (non-hydrogen) atoms. The summed E-state index contributed by atoms with van der Waals surface area (Å²) in [7, 11) is 1.86. The maximum Gasteiger partial charge on any atom is 0.317 e. The molecule has 1 saturated heterocycles. The lowest BCUT2D eigenvalue weighted by molar-refractivity contribution is 0.0664. The standard InChI is InChI=1S/C19H24FN5O2/c1-14-3-4-16(11-17(14)20)18(26)24-7-9-25(10-8-24)19(27)21-6-5-15-12-22-23(2)13-15/h3-4,11-13H,5-10H2,1-2H3,(H,21,27). The monoisotopic (exact) mass is 373 g/mol. The van der Waals surface area contributed by atoms with E-state index in [1.54, 1.807) is 39.7 Å². The van der Waals surface area contributed by atoms with E-state index >= 15 is 0 Å². The van der Waals surface area contributed by atoms with Gasteiger partial charge in [-0.2, -0.15) is 5.10 Å². The topological polar surface area (TPSA) is 70.5 Å². The Morgan fingerprint density at radius 1 is 1.19 bits per heavy atom. The van der Waals surface area contributed by atoms with Crippen LogP contribution in [0.15, 0.2) is 30.6 Å². The SMILES string of the molecule is Cc1ccc(C(=O)N2CCN(C(=O)NCCc3cnn(C)c3)CC2)cc1F. The van der Waals surface area contributed by atoms with Crippen LogP contribution in [0.5, 0.6) is 0 Å². The number of nitrogens with zero attached hydrogens (tertiary/aromatic N) is 4. The number of rotatable bonds is 4. The van der Waals surface area contributed by atoms with Crippen LogP contribution >= 0.6 is 0 Å². The summed E-state index contributed by atoms with van der Waals surface area (Å²) in [5.74, 6) is -0.585. The Morgan fingerprint density at radius 2 is 1.89 bits per heavy atom. The van der Waals surface area contributed by atoms with Gasteiger partial charge >= 0.3 is 6.03 Å². The van der Waals surface area contributed by atoms with E-state index in [0.717, 1.165) is 12.0 Å². The average molecular weight is 373 g/mol. The van der Waals surface area contributed by atoms with E-state index in [-0.39, 0.29) is 17.8 Å². The lowest BCUT2D eigenvalue weighted by atomic mass is 10.1. The van der Waals surface area contributed by atoms with Gasteiger partial charge in [0.05, 0.1) is 6.20 Å². The Hall–Kier alpha value is -2.90. The second-order valence-corrected chi connectivity index (χ2v) is 6.75. The number of hydrogen-bond donors (Lipinski definition) is 1. The zero-order valence-electron chi connectivity index (χ0n) is 15.6. The van der Waals surface area contributed by atoms with Crippen LogP contribution in [0.4, 0.5) is 9.18 Å². The molecule has 0 radical (unpaired) electrons. The molecule has 0 bridgehead atoms. The molecule has 3 amide bonds. The highest BCUT2D eigenvalue weighted by Gasteiger charge is 2.25. The summed E-state index contributed by atoms with van der Waals surface area (Å²) < 4.78 is 15.4. The van der Waals surface area contributed by atoms with Crippen molar-refractivity contribution in [2.75, 3.05) is 32.7 Å². The summed E-state index contributed by atoms with van der Waals surface area (Å²) in [5.41, 5.74) is 1.92. The lowest BCUT2D eigenvalue weighted by Gasteiger charge is -2.34. The minimum atomic E-state index is -0.382. The number of halogens is 1. The first-order valence-electron chi connectivity index (χ1n) is 9.00. The van der Waals surface area contributed by atoms with Gasteiger partial charge in [0.15, 0.2) is 0 Å². The van der Waals surface area contributed by atoms with E-state index in [2.05, 4.69) is 10.4 Å². The molecule has 0 unspecified atom stereocenters. The number of carbonyl (C=O) groups excluding carboxylic acids is 2. The largest absolute Gasteiger partial charge is 0.338 e. The van der Waals surface area contributed by atoms with E-state index in [4.69, 9.17) is 0 Å². The highest BCUT2D eigenvalue weighted by Crippen LogP contribution is 2.13. The van der Waals surface area contributed by atoms with E-state index < -0.39 is 0 Å². The maximum atomic E-state index is 13.7. The number of carbonyl (C=O) groups is 2. The molecule has 0 spiro atoms. The van der Waals surface area contributed by atoms with Gasteiger partial charge in [0, 0.05) is 51.5 Å². The molecular formula is C19H24FN5O2. The number of urea groups is 1. The third-order valence-electron chi connectivity index (χ3n) is 4.72. The number of aryl methyl sites for hydroxylation is 2. The number of benzene rings is 1. The maximum absolute atomic E-state index is 13.7. The molecule has 7 nitrogen and oxygen atoms in total. The van der Waals surface area contributed by atoms with Crippen LogP contribution in [-0.4, -0.2) is 64.2 Å². The summed E-state index contributed by atoms with van der Waals surface area (Å²) in [4.78, 5) is 28.1. The van der Waals surface area contributed by atoms with Crippen LogP contribution in [0.25, 0.3) is 0 Å². The van der Waals surface area contributed by atoms with Gasteiger partial charge in [-0.05, 0) is 36.6 Å². The first-order chi connectivity index (χ1) is 12.9. The Kier molecular flexibility index (Phi) is 5.73. The molecule has 1 aliphatic heterocycles. The van der Waals surface area contributed by atoms with Crippen LogP contribution in [0.1, 0.15) is 21.5 Å². The molecule has 2 heterocycles. The molecule has 3 rings (SSSR count). The van der Waals surface area contributed by atoms with Crippen LogP contribution in [0.2, 0.25) is 0 Å². The van der Waals surface area contributed by atoms with Crippen molar-refractivity contribution in [1.82, 2.24) is 24.9 Å². The first kappa shape index (κ1) is 18.9. The Bertz CT molecular complexity index is 827. The predicted octanol–water partition coefficient (Wildman–Crippen LogP) is 1.58. The zero-order valence-corrected chi connectivity index (χ0v) is 15.6. The number of nitrogens with one attached hydrogen (secondary N) is 1. The molecule has 1 fully saturated rings. The molecule has 0 aliphatic carbocycles. The van der Waals surface area contributed by atoms with Gasteiger partial charge in [0.1, 0.15) is 5.82 Å². The van der Waals surface area contributed by atoms with Gasteiger partial charge in [-0.3, -0.25) is 9.48 Å². The van der Waals surface area contributed by atoms with Gasteiger partial charge in [0.2, 0.25) is 0 Å². The molecule has 144 valence electrons. The Labute approximate surface area is 157 Å². The minimum Gasteiger partial charge on any atom is -0.338 e. The van der Waals surface area contributed by atoms with Gasteiger partial charge in [-0.1, -0.05) is 6.07 Å². The highest BCUT2D eigenvalue weighted by atomic mass is 19.1. The van der Waals surface area contributed by atoms with E-state index in [1.807, 2.05) is 13.2 Å². The summed E-state index contributed by atoms with van der Waals surface area (Å²) in [6.45, 7) is 3.98. The molecule has 0 saturated carbocycles. The summed E-state index contributed by atoms with van der Waals surface area (Å²) in [6, 6.07) is 4.38. The third kappa shape index (κ3) is 4.64. The normalized spacial score (nSPS) is 14.3. The van der Waals surface area contributed by atoms with Crippen molar-refractivity contribution in [2.45, 2.75) is 13.3 Å². The van der Waals surface area contributed by atoms with Crippen LogP contribution in [0.3, 0.4) is 0 Å². The summed E-state index contributed by atoms with van der Waals surface area (Å²) in [5, 5.41) is 6.99. The average Bonchev–Trinajstić information content (AvgIpc) is 3.08. The molecule has 1 N–H and O–H groups in total. The van der Waals surface area contributed by atoms with Gasteiger partial charge in [-0.15, -0.1) is 0 Å². The van der Waals surface area contributed by atoms with Gasteiger partial charge in [-0.25, -0.2) is 9.18 Å². The molecule has 1 aromatic heterocycles. The second-order valence-electron chi connectivity index (χ2n) is 6.75. The predicted molar refractivity (Wildman–Crippen MR) is 98.9 cm³/mol. The summed E-state index contributed by atoms with van der Waals surface area (Å²) >= 11 is 0. The van der Waals surface area contributed by atoms with Crippen molar-refractivity contribution in [3.63, 3.8) is 0 Å². The number of piperazine rings is 1. The van der Waals surface area contributed by atoms with Gasteiger partial charge < -0.3 is 15.1 Å². The van der Waals surface area contributed by atoms with Crippen LogP contribution in [-0.2, 0) is 13.5 Å². The van der Waals surface area contributed by atoms with Crippen LogP contribution < -0.4 is 5.32 Å². The van der Waals surface area contributed by atoms with Gasteiger partial charge in [0.25, 0.3) is 5.91 Å². The fourth-order valence-electron chi connectivity index (χ4n) is 3.05. The summed E-state index contributed by atoms with van der Waals surface area (Å²) in [6.07, 6.45) is 4.42. The highest BCUT2D eigenvalue weighted by molar-refractivity contribution is 5.94. The van der Waals surface area contributed by atoms with Crippen molar-refractivity contribution in [3.05, 3.63) is 53.1 Å².